The van der Waals surface area contributed by atoms with Gasteiger partial charge in [0, 0.05) is 23.9 Å². The van der Waals surface area contributed by atoms with Gasteiger partial charge in [0.2, 0.25) is 12.2 Å². The van der Waals surface area contributed by atoms with Crippen molar-refractivity contribution < 1.29 is 67.1 Å². The highest BCUT2D eigenvalue weighted by Crippen LogP contribution is 2.30. The predicted octanol–water partition coefficient (Wildman–Crippen LogP) is 2.61. The van der Waals surface area contributed by atoms with Gasteiger partial charge < -0.3 is 33.5 Å². The lowest BCUT2D eigenvalue weighted by atomic mass is 10.1. The molecule has 3 aromatic rings. The van der Waals surface area contributed by atoms with E-state index in [1.54, 1.807) is 12.1 Å². The summed E-state index contributed by atoms with van der Waals surface area (Å²) in [6.45, 7) is 2.27. The van der Waals surface area contributed by atoms with Crippen LogP contribution in [0.15, 0.2) is 65.1 Å². The summed E-state index contributed by atoms with van der Waals surface area (Å²) in [5.41, 5.74) is 3.54. The van der Waals surface area contributed by atoms with E-state index in [-0.39, 0.29) is 39.7 Å². The van der Waals surface area contributed by atoms with Gasteiger partial charge in [-0.15, -0.1) is 0 Å². The van der Waals surface area contributed by atoms with Crippen molar-refractivity contribution in [2.75, 3.05) is 14.2 Å². The second-order valence-corrected chi connectivity index (χ2v) is 10.3. The van der Waals surface area contributed by atoms with E-state index in [0.717, 1.165) is 38.1 Å². The standard InChI is InChI=1S/C31H27BrN2O14/c1-15(35)45-21-11-7-18(13-23(21)43-3)30(41)47-25(28(38)34-33-27(37)17-5-9-20(32)10-6-17)26(29(39)40)48-31(42)19-8-12-22(46-16(2)36)24(14-19)44-4/h5-14,25-26H,1-4H3,(H,33,37)(H,34,38)(H,39,40)/t25-,26+/m0/s1. The number of carbonyl (C=O) groups excluding carboxylic acids is 6. The summed E-state index contributed by atoms with van der Waals surface area (Å²) in [6.07, 6.45) is -4.88. The van der Waals surface area contributed by atoms with Crippen molar-refractivity contribution in [3.05, 3.63) is 81.8 Å². The molecule has 0 radical (unpaired) electrons. The summed E-state index contributed by atoms with van der Waals surface area (Å²) >= 11 is 3.22. The molecule has 48 heavy (non-hydrogen) atoms. The van der Waals surface area contributed by atoms with Gasteiger partial charge in [-0.3, -0.25) is 30.0 Å². The maximum absolute atomic E-state index is 13.3. The molecule has 3 rings (SSSR count). The number of hydrazine groups is 1. The minimum Gasteiger partial charge on any atom is -0.493 e. The van der Waals surface area contributed by atoms with E-state index < -0.39 is 53.9 Å². The van der Waals surface area contributed by atoms with E-state index in [9.17, 15) is 38.7 Å². The third-order valence-corrected chi connectivity index (χ3v) is 6.49. The van der Waals surface area contributed by atoms with Crippen LogP contribution in [0.2, 0.25) is 0 Å². The Bertz CT molecular complexity index is 1740. The number of methoxy groups -OCH3 is 2. The summed E-state index contributed by atoms with van der Waals surface area (Å²) in [5, 5.41) is 10.0. The third-order valence-electron chi connectivity index (χ3n) is 5.96. The Hall–Kier alpha value is -5.97. The van der Waals surface area contributed by atoms with Crippen molar-refractivity contribution in [1.29, 1.82) is 0 Å². The molecular weight excluding hydrogens is 704 g/mol. The molecular formula is C31H27BrN2O14. The fourth-order valence-corrected chi connectivity index (χ4v) is 4.06. The molecule has 0 heterocycles. The first-order valence-corrected chi connectivity index (χ1v) is 14.3. The number of benzene rings is 3. The molecule has 0 aromatic heterocycles. The third kappa shape index (κ3) is 9.76. The van der Waals surface area contributed by atoms with Gasteiger partial charge in [0.1, 0.15) is 0 Å². The summed E-state index contributed by atoms with van der Waals surface area (Å²) in [7, 11) is 2.43. The number of esters is 4. The minimum absolute atomic E-state index is 0.0563. The maximum Gasteiger partial charge on any atom is 0.349 e. The molecule has 0 aliphatic rings. The lowest BCUT2D eigenvalue weighted by molar-refractivity contribution is -0.159. The molecule has 3 N–H and O–H groups in total. The van der Waals surface area contributed by atoms with Crippen molar-refractivity contribution in [3.8, 4) is 23.0 Å². The Morgan fingerprint density at radius 3 is 1.48 bits per heavy atom. The van der Waals surface area contributed by atoms with Crippen LogP contribution in [-0.2, 0) is 28.7 Å². The van der Waals surface area contributed by atoms with Gasteiger partial charge in [-0.25, -0.2) is 14.4 Å². The van der Waals surface area contributed by atoms with Gasteiger partial charge in [0.25, 0.3) is 11.8 Å². The number of amides is 2. The molecule has 0 bridgehead atoms. The zero-order valence-corrected chi connectivity index (χ0v) is 27.1. The molecule has 16 nitrogen and oxygen atoms in total. The lowest BCUT2D eigenvalue weighted by Gasteiger charge is -2.24. The number of carbonyl (C=O) groups is 7. The molecule has 252 valence electrons. The summed E-state index contributed by atoms with van der Waals surface area (Å²) in [6, 6.07) is 12.7. The smallest absolute Gasteiger partial charge is 0.349 e. The molecule has 0 unspecified atom stereocenters. The average Bonchev–Trinajstić information content (AvgIpc) is 3.04. The number of carboxylic acids is 1. The summed E-state index contributed by atoms with van der Waals surface area (Å²) < 4.78 is 31.2. The molecule has 0 aliphatic heterocycles. The Labute approximate surface area is 280 Å². The second kappa shape index (κ2) is 16.5. The zero-order chi connectivity index (χ0) is 35.5. The number of carboxylic acid groups (broad SMARTS) is 1. The van der Waals surface area contributed by atoms with Gasteiger partial charge in [0.05, 0.1) is 25.3 Å². The number of rotatable bonds is 12. The number of hydrogen-bond acceptors (Lipinski definition) is 13. The largest absolute Gasteiger partial charge is 0.493 e. The number of ether oxygens (including phenoxy) is 6. The van der Waals surface area contributed by atoms with Crippen LogP contribution in [0.5, 0.6) is 23.0 Å². The monoisotopic (exact) mass is 730 g/mol. The Kier molecular flexibility index (Phi) is 12.6. The first kappa shape index (κ1) is 36.5. The van der Waals surface area contributed by atoms with Gasteiger partial charge in [-0.2, -0.15) is 0 Å². The van der Waals surface area contributed by atoms with Crippen LogP contribution in [0, 0.1) is 0 Å². The second-order valence-electron chi connectivity index (χ2n) is 9.36. The van der Waals surface area contributed by atoms with Crippen molar-refractivity contribution >= 4 is 57.6 Å². The van der Waals surface area contributed by atoms with E-state index in [1.165, 1.54) is 38.5 Å². The minimum atomic E-state index is -2.48. The quantitative estimate of drug-likeness (QED) is 0.139. The first-order chi connectivity index (χ1) is 22.7. The summed E-state index contributed by atoms with van der Waals surface area (Å²) in [4.78, 5) is 87.3. The highest BCUT2D eigenvalue weighted by atomic mass is 79.9. The zero-order valence-electron chi connectivity index (χ0n) is 25.6. The van der Waals surface area contributed by atoms with Crippen LogP contribution in [0.1, 0.15) is 44.9 Å². The normalized spacial score (nSPS) is 11.5. The van der Waals surface area contributed by atoms with E-state index in [0.29, 0.717) is 4.47 Å². The van der Waals surface area contributed by atoms with Crippen molar-refractivity contribution in [2.45, 2.75) is 26.1 Å². The molecule has 2 amide bonds. The van der Waals surface area contributed by atoms with Crippen LogP contribution in [0.3, 0.4) is 0 Å². The lowest BCUT2D eigenvalue weighted by Crippen LogP contribution is -2.54. The highest BCUT2D eigenvalue weighted by Gasteiger charge is 2.41. The fraction of sp³-hybridized carbons (Fsp3) is 0.194. The first-order valence-electron chi connectivity index (χ1n) is 13.5. The SMILES string of the molecule is COc1cc(C(=O)O[C@H](C(=O)NNC(=O)c2ccc(Br)cc2)[C@@H](OC(=O)c2ccc(OC(C)=O)c(OC)c2)C(=O)O)ccc1OC(C)=O. The fourth-order valence-electron chi connectivity index (χ4n) is 3.79. The predicted molar refractivity (Wildman–Crippen MR) is 164 cm³/mol. The van der Waals surface area contributed by atoms with Crippen LogP contribution < -0.4 is 29.8 Å². The number of hydrogen-bond donors (Lipinski definition) is 3. The van der Waals surface area contributed by atoms with Crippen LogP contribution in [-0.4, -0.2) is 73.2 Å². The molecule has 0 saturated heterocycles. The molecule has 0 spiro atoms. The Balaban J connectivity index is 1.94. The van der Waals surface area contributed by atoms with E-state index >= 15 is 0 Å². The van der Waals surface area contributed by atoms with Crippen molar-refractivity contribution in [1.82, 2.24) is 10.9 Å². The highest BCUT2D eigenvalue weighted by molar-refractivity contribution is 9.10. The maximum atomic E-state index is 13.3. The van der Waals surface area contributed by atoms with Crippen molar-refractivity contribution in [3.63, 3.8) is 0 Å². The molecule has 3 aromatic carbocycles. The van der Waals surface area contributed by atoms with E-state index in [2.05, 4.69) is 21.4 Å². The van der Waals surface area contributed by atoms with Gasteiger partial charge >= 0.3 is 29.8 Å². The Morgan fingerprint density at radius 2 is 1.06 bits per heavy atom. The van der Waals surface area contributed by atoms with E-state index in [1.807, 2.05) is 5.43 Å². The van der Waals surface area contributed by atoms with Gasteiger partial charge in [-0.1, -0.05) is 15.9 Å². The molecule has 2 atom stereocenters. The number of aliphatic carboxylic acids is 1. The van der Waals surface area contributed by atoms with Gasteiger partial charge in [0.15, 0.2) is 23.0 Å². The van der Waals surface area contributed by atoms with Gasteiger partial charge in [-0.05, 0) is 60.7 Å². The molecule has 0 fully saturated rings. The number of nitrogens with one attached hydrogen (secondary N) is 2. The molecule has 0 saturated carbocycles. The summed E-state index contributed by atoms with van der Waals surface area (Å²) in [5.74, 6) is -8.40. The van der Waals surface area contributed by atoms with E-state index in [4.69, 9.17) is 28.4 Å². The Morgan fingerprint density at radius 1 is 0.625 bits per heavy atom. The van der Waals surface area contributed by atoms with Crippen LogP contribution in [0.25, 0.3) is 0 Å². The molecule has 0 aliphatic carbocycles. The van der Waals surface area contributed by atoms with Crippen LogP contribution >= 0.6 is 15.9 Å². The van der Waals surface area contributed by atoms with Crippen LogP contribution in [0.4, 0.5) is 0 Å². The topological polar surface area (TPSA) is 219 Å². The average molecular weight is 731 g/mol. The van der Waals surface area contributed by atoms with Crippen molar-refractivity contribution in [2.24, 2.45) is 0 Å². The molecule has 17 heteroatoms. The number of halogens is 1.